The van der Waals surface area contributed by atoms with Crippen LogP contribution in [0.3, 0.4) is 0 Å². The van der Waals surface area contributed by atoms with Gasteiger partial charge in [0.05, 0.1) is 5.75 Å². The fraction of sp³-hybridized carbons (Fsp3) is 0.308. The van der Waals surface area contributed by atoms with Crippen molar-refractivity contribution in [3.05, 3.63) is 42.5 Å². The van der Waals surface area contributed by atoms with Crippen molar-refractivity contribution in [3.8, 4) is 0 Å². The first-order chi connectivity index (χ1) is 7.22. The van der Waals surface area contributed by atoms with E-state index in [9.17, 15) is 4.79 Å². The number of Topliss-reactive ketones (excluding diaryl/α,β-unsaturated/α-hetero) is 1. The number of thioether (sulfide) groups is 1. The van der Waals surface area contributed by atoms with Gasteiger partial charge in [-0.25, -0.2) is 0 Å². The van der Waals surface area contributed by atoms with E-state index in [1.165, 1.54) is 0 Å². The highest BCUT2D eigenvalue weighted by molar-refractivity contribution is 8.00. The summed E-state index contributed by atoms with van der Waals surface area (Å²) in [4.78, 5) is 12.7. The summed E-state index contributed by atoms with van der Waals surface area (Å²) < 4.78 is 0. The fourth-order valence-corrected chi connectivity index (χ4v) is 1.91. The zero-order chi connectivity index (χ0) is 11.1. The molecule has 0 spiro atoms. The van der Waals surface area contributed by atoms with Gasteiger partial charge in [-0.2, -0.15) is 0 Å². The number of benzene rings is 1. The maximum atomic E-state index is 11.5. The number of rotatable bonds is 6. The molecule has 2 heteroatoms. The van der Waals surface area contributed by atoms with E-state index in [4.69, 9.17) is 0 Å². The Morgan fingerprint density at radius 2 is 2.00 bits per heavy atom. The van der Waals surface area contributed by atoms with E-state index in [0.29, 0.717) is 12.2 Å². The van der Waals surface area contributed by atoms with E-state index in [0.717, 1.165) is 16.9 Å². The van der Waals surface area contributed by atoms with Crippen LogP contribution in [0.2, 0.25) is 0 Å². The summed E-state index contributed by atoms with van der Waals surface area (Å²) in [6, 6.07) is 9.99. The van der Waals surface area contributed by atoms with Gasteiger partial charge in [-0.3, -0.25) is 4.79 Å². The van der Waals surface area contributed by atoms with Gasteiger partial charge in [0.2, 0.25) is 0 Å². The van der Waals surface area contributed by atoms with E-state index >= 15 is 0 Å². The van der Waals surface area contributed by atoms with Crippen molar-refractivity contribution in [3.63, 3.8) is 0 Å². The summed E-state index contributed by atoms with van der Waals surface area (Å²) >= 11 is 1.59. The van der Waals surface area contributed by atoms with Crippen molar-refractivity contribution in [2.24, 2.45) is 0 Å². The third-order valence-electron chi connectivity index (χ3n) is 2.09. The Morgan fingerprint density at radius 1 is 1.33 bits per heavy atom. The molecule has 0 saturated carbocycles. The molecule has 1 aromatic rings. The molecule has 15 heavy (non-hydrogen) atoms. The summed E-state index contributed by atoms with van der Waals surface area (Å²) in [5.74, 6) is 0.805. The van der Waals surface area contributed by atoms with Crippen molar-refractivity contribution >= 4 is 17.5 Å². The van der Waals surface area contributed by atoms with Crippen LogP contribution in [0.1, 0.15) is 19.8 Å². The van der Waals surface area contributed by atoms with Crippen molar-refractivity contribution in [1.29, 1.82) is 0 Å². The average Bonchev–Trinajstić information content (AvgIpc) is 2.27. The van der Waals surface area contributed by atoms with Crippen LogP contribution in [0.15, 0.2) is 47.4 Å². The lowest BCUT2D eigenvalue weighted by Crippen LogP contribution is -2.02. The summed E-state index contributed by atoms with van der Waals surface area (Å²) in [6.07, 6.45) is 1.41. The van der Waals surface area contributed by atoms with Crippen molar-refractivity contribution in [2.75, 3.05) is 5.75 Å². The van der Waals surface area contributed by atoms with Crippen LogP contribution in [0.4, 0.5) is 0 Å². The van der Waals surface area contributed by atoms with Gasteiger partial charge in [0.15, 0.2) is 0 Å². The summed E-state index contributed by atoms with van der Waals surface area (Å²) in [5, 5.41) is 0. The smallest absolute Gasteiger partial charge is 0.147 e. The van der Waals surface area contributed by atoms with Crippen LogP contribution in [-0.4, -0.2) is 11.5 Å². The average molecular weight is 220 g/mol. The van der Waals surface area contributed by atoms with Gasteiger partial charge >= 0.3 is 0 Å². The van der Waals surface area contributed by atoms with Crippen molar-refractivity contribution in [2.45, 2.75) is 24.7 Å². The van der Waals surface area contributed by atoms with Crippen LogP contribution in [0.25, 0.3) is 0 Å². The molecule has 0 amide bonds. The lowest BCUT2D eigenvalue weighted by atomic mass is 10.1. The number of carbonyl (C=O) groups excluding carboxylic acids is 1. The molecule has 80 valence electrons. The van der Waals surface area contributed by atoms with Gasteiger partial charge in [0.1, 0.15) is 5.78 Å². The number of carbonyl (C=O) groups is 1. The zero-order valence-electron chi connectivity index (χ0n) is 9.03. The molecule has 0 radical (unpaired) electrons. The van der Waals surface area contributed by atoms with Crippen molar-refractivity contribution < 1.29 is 4.79 Å². The number of ketones is 1. The predicted molar refractivity (Wildman–Crippen MR) is 66.2 cm³/mol. The molecule has 0 atom stereocenters. The summed E-state index contributed by atoms with van der Waals surface area (Å²) in [6.45, 7) is 5.87. The minimum Gasteiger partial charge on any atom is -0.298 e. The number of allylic oxidation sites excluding steroid dienone is 1. The predicted octanol–water partition coefficient (Wildman–Crippen LogP) is 3.70. The lowest BCUT2D eigenvalue weighted by molar-refractivity contribution is -0.116. The first-order valence-corrected chi connectivity index (χ1v) is 6.07. The normalized spacial score (nSPS) is 9.93. The molecule has 1 aromatic carbocycles. The van der Waals surface area contributed by atoms with E-state index in [-0.39, 0.29) is 5.78 Å². The van der Waals surface area contributed by atoms with Crippen LogP contribution in [-0.2, 0) is 4.79 Å². The van der Waals surface area contributed by atoms with E-state index in [1.54, 1.807) is 11.8 Å². The molecule has 0 aliphatic heterocycles. The Morgan fingerprint density at radius 3 is 2.60 bits per heavy atom. The maximum Gasteiger partial charge on any atom is 0.147 e. The highest BCUT2D eigenvalue weighted by Gasteiger charge is 2.04. The molecule has 0 saturated heterocycles. The highest BCUT2D eigenvalue weighted by atomic mass is 32.2. The standard InChI is InChI=1S/C13H16OS/c1-3-11(2)9-12(14)10-15-13-7-5-4-6-8-13/h4-8H,2-3,9-10H2,1H3. The van der Waals surface area contributed by atoms with Crippen LogP contribution >= 0.6 is 11.8 Å². The summed E-state index contributed by atoms with van der Waals surface area (Å²) in [7, 11) is 0. The van der Waals surface area contributed by atoms with Gasteiger partial charge in [-0.15, -0.1) is 11.8 Å². The fourth-order valence-electron chi connectivity index (χ4n) is 1.14. The van der Waals surface area contributed by atoms with E-state index in [1.807, 2.05) is 37.3 Å². The van der Waals surface area contributed by atoms with Crippen LogP contribution in [0, 0.1) is 0 Å². The maximum absolute atomic E-state index is 11.5. The number of hydrogen-bond acceptors (Lipinski definition) is 2. The third kappa shape index (κ3) is 4.84. The van der Waals surface area contributed by atoms with Gasteiger partial charge in [0, 0.05) is 11.3 Å². The SMILES string of the molecule is C=C(CC)CC(=O)CSc1ccccc1. The molecule has 0 N–H and O–H groups in total. The second kappa shape index (κ2) is 6.46. The Balaban J connectivity index is 2.32. The summed E-state index contributed by atoms with van der Waals surface area (Å²) in [5.41, 5.74) is 1.02. The molecule has 1 rings (SSSR count). The van der Waals surface area contributed by atoms with Crippen molar-refractivity contribution in [1.82, 2.24) is 0 Å². The molecular weight excluding hydrogens is 204 g/mol. The van der Waals surface area contributed by atoms with Gasteiger partial charge < -0.3 is 0 Å². The van der Waals surface area contributed by atoms with Crippen LogP contribution in [0.5, 0.6) is 0 Å². The molecule has 0 aliphatic rings. The molecular formula is C13H16OS. The van der Waals surface area contributed by atoms with E-state index in [2.05, 4.69) is 6.58 Å². The topological polar surface area (TPSA) is 17.1 Å². The molecule has 1 nitrogen and oxygen atoms in total. The molecule has 0 unspecified atom stereocenters. The largest absolute Gasteiger partial charge is 0.298 e. The molecule has 0 aromatic heterocycles. The monoisotopic (exact) mass is 220 g/mol. The molecule has 0 aliphatic carbocycles. The van der Waals surface area contributed by atoms with Gasteiger partial charge in [-0.1, -0.05) is 37.3 Å². The molecule has 0 bridgehead atoms. The Kier molecular flexibility index (Phi) is 5.19. The zero-order valence-corrected chi connectivity index (χ0v) is 9.85. The highest BCUT2D eigenvalue weighted by Crippen LogP contribution is 2.18. The lowest BCUT2D eigenvalue weighted by Gasteiger charge is -2.02. The van der Waals surface area contributed by atoms with Gasteiger partial charge in [0.25, 0.3) is 0 Å². The first-order valence-electron chi connectivity index (χ1n) is 5.08. The Labute approximate surface area is 95.6 Å². The van der Waals surface area contributed by atoms with E-state index < -0.39 is 0 Å². The van der Waals surface area contributed by atoms with Crippen LogP contribution < -0.4 is 0 Å². The minimum atomic E-state index is 0.260. The van der Waals surface area contributed by atoms with Gasteiger partial charge in [-0.05, 0) is 18.6 Å². The second-order valence-electron chi connectivity index (χ2n) is 3.42. The number of hydrogen-bond donors (Lipinski definition) is 0. The second-order valence-corrected chi connectivity index (χ2v) is 4.47. The third-order valence-corrected chi connectivity index (χ3v) is 3.16. The Hall–Kier alpha value is -1.02. The quantitative estimate of drug-likeness (QED) is 0.537. The molecule has 0 fully saturated rings. The Bertz CT molecular complexity index is 330. The minimum absolute atomic E-state index is 0.260. The first kappa shape index (κ1) is 12.1. The molecule has 0 heterocycles.